The first-order chi connectivity index (χ1) is 7.01. The first-order valence-electron chi connectivity index (χ1n) is 5.10. The van der Waals surface area contributed by atoms with Crippen molar-refractivity contribution in [1.82, 2.24) is 0 Å². The monoisotopic (exact) mass is 209 g/mol. The summed E-state index contributed by atoms with van der Waals surface area (Å²) in [6, 6.07) is 7.55. The van der Waals surface area contributed by atoms with Crippen molar-refractivity contribution in [2.45, 2.75) is 25.4 Å². The van der Waals surface area contributed by atoms with Gasteiger partial charge < -0.3 is 15.9 Å². The fourth-order valence-electron chi connectivity index (χ4n) is 1.38. The molecule has 0 aliphatic heterocycles. The van der Waals surface area contributed by atoms with Crippen LogP contribution in [0, 0.1) is 0 Å². The van der Waals surface area contributed by atoms with Gasteiger partial charge in [-0.1, -0.05) is 38.1 Å². The molecule has 0 heterocycles. The predicted octanol–water partition coefficient (Wildman–Crippen LogP) is 0.949. The van der Waals surface area contributed by atoms with Crippen LogP contribution < -0.4 is 5.73 Å². The molecule has 0 fully saturated rings. The minimum absolute atomic E-state index is 0.103. The average Bonchev–Trinajstić information content (AvgIpc) is 2.28. The van der Waals surface area contributed by atoms with Crippen LogP contribution in [0.15, 0.2) is 24.3 Å². The number of hydrogen-bond acceptors (Lipinski definition) is 3. The Balaban J connectivity index is 2.90. The minimum Gasteiger partial charge on any atom is -0.395 e. The molecule has 3 nitrogen and oxygen atoms in total. The summed E-state index contributed by atoms with van der Waals surface area (Å²) in [5.74, 6) is 0. The molecule has 0 aromatic heterocycles. The second kappa shape index (κ2) is 4.75. The molecule has 0 aliphatic rings. The molecule has 0 radical (unpaired) electrons. The van der Waals surface area contributed by atoms with Crippen LogP contribution in [-0.2, 0) is 5.41 Å². The Morgan fingerprint density at radius 3 is 2.20 bits per heavy atom. The van der Waals surface area contributed by atoms with Gasteiger partial charge in [-0.25, -0.2) is 0 Å². The summed E-state index contributed by atoms with van der Waals surface area (Å²) in [6.07, 6.45) is -0.601. The van der Waals surface area contributed by atoms with Crippen molar-refractivity contribution in [1.29, 1.82) is 0 Å². The number of aliphatic hydroxyl groups is 2. The van der Waals surface area contributed by atoms with E-state index in [1.807, 2.05) is 38.1 Å². The number of hydrogen-bond donors (Lipinski definition) is 3. The number of nitrogens with two attached hydrogens (primary N) is 1. The number of aliphatic hydroxyl groups excluding tert-OH is 2. The smallest absolute Gasteiger partial charge is 0.0912 e. The van der Waals surface area contributed by atoms with Crippen molar-refractivity contribution in [3.05, 3.63) is 35.4 Å². The molecule has 1 unspecified atom stereocenters. The Labute approximate surface area is 90.5 Å². The van der Waals surface area contributed by atoms with Crippen LogP contribution in [0.25, 0.3) is 0 Å². The van der Waals surface area contributed by atoms with E-state index in [4.69, 9.17) is 5.73 Å². The fourth-order valence-corrected chi connectivity index (χ4v) is 1.38. The predicted molar refractivity (Wildman–Crippen MR) is 60.6 cm³/mol. The third-order valence-electron chi connectivity index (χ3n) is 2.70. The van der Waals surface area contributed by atoms with Gasteiger partial charge in [0, 0.05) is 12.0 Å². The lowest BCUT2D eigenvalue weighted by atomic mass is 9.85. The maximum absolute atomic E-state index is 9.51. The first-order valence-corrected chi connectivity index (χ1v) is 5.10. The van der Waals surface area contributed by atoms with Crippen molar-refractivity contribution in [3.8, 4) is 0 Å². The van der Waals surface area contributed by atoms with E-state index < -0.39 is 6.10 Å². The van der Waals surface area contributed by atoms with Gasteiger partial charge in [0.1, 0.15) is 0 Å². The van der Waals surface area contributed by atoms with Crippen LogP contribution in [0.5, 0.6) is 0 Å². The second-order valence-corrected chi connectivity index (χ2v) is 4.42. The van der Waals surface area contributed by atoms with Crippen LogP contribution >= 0.6 is 0 Å². The molecule has 84 valence electrons. The molecular weight excluding hydrogens is 190 g/mol. The molecule has 0 saturated heterocycles. The summed E-state index contributed by atoms with van der Waals surface area (Å²) in [7, 11) is 0. The van der Waals surface area contributed by atoms with Gasteiger partial charge in [0.25, 0.3) is 0 Å². The standard InChI is InChI=1S/C12H19NO2/c1-12(2,8-14)10-5-3-9(4-6-10)11(15)7-13/h3-6,11,14-15H,7-8,13H2,1-2H3. The molecule has 4 N–H and O–H groups in total. The van der Waals surface area contributed by atoms with Crippen molar-refractivity contribution in [2.75, 3.05) is 13.2 Å². The van der Waals surface area contributed by atoms with E-state index in [1.54, 1.807) is 0 Å². The zero-order chi connectivity index (χ0) is 11.5. The average molecular weight is 209 g/mol. The van der Waals surface area contributed by atoms with E-state index in [2.05, 4.69) is 0 Å². The molecule has 0 spiro atoms. The Kier molecular flexibility index (Phi) is 3.85. The van der Waals surface area contributed by atoms with Gasteiger partial charge in [-0.05, 0) is 11.1 Å². The van der Waals surface area contributed by atoms with E-state index in [-0.39, 0.29) is 18.6 Å². The SMILES string of the molecule is CC(C)(CO)c1ccc(C(O)CN)cc1. The van der Waals surface area contributed by atoms with Gasteiger partial charge in [0.15, 0.2) is 0 Å². The maximum atomic E-state index is 9.51. The third-order valence-corrected chi connectivity index (χ3v) is 2.70. The van der Waals surface area contributed by atoms with E-state index in [0.717, 1.165) is 11.1 Å². The van der Waals surface area contributed by atoms with E-state index in [9.17, 15) is 10.2 Å². The highest BCUT2D eigenvalue weighted by atomic mass is 16.3. The summed E-state index contributed by atoms with van der Waals surface area (Å²) in [5.41, 5.74) is 6.99. The highest BCUT2D eigenvalue weighted by Crippen LogP contribution is 2.23. The van der Waals surface area contributed by atoms with Crippen LogP contribution in [-0.4, -0.2) is 23.4 Å². The zero-order valence-corrected chi connectivity index (χ0v) is 9.27. The lowest BCUT2D eigenvalue weighted by Gasteiger charge is -2.22. The van der Waals surface area contributed by atoms with Gasteiger partial charge in [-0.2, -0.15) is 0 Å². The molecule has 1 aromatic rings. The molecule has 15 heavy (non-hydrogen) atoms. The highest BCUT2D eigenvalue weighted by Gasteiger charge is 2.19. The van der Waals surface area contributed by atoms with Gasteiger partial charge in [0.2, 0.25) is 0 Å². The van der Waals surface area contributed by atoms with Gasteiger partial charge >= 0.3 is 0 Å². The van der Waals surface area contributed by atoms with Gasteiger partial charge in [-0.3, -0.25) is 0 Å². The van der Waals surface area contributed by atoms with Crippen molar-refractivity contribution >= 4 is 0 Å². The van der Waals surface area contributed by atoms with Crippen LogP contribution in [0.2, 0.25) is 0 Å². The molecule has 0 aliphatic carbocycles. The first kappa shape index (κ1) is 12.2. The summed E-state index contributed by atoms with van der Waals surface area (Å²) < 4.78 is 0. The van der Waals surface area contributed by atoms with E-state index in [1.165, 1.54) is 0 Å². The third kappa shape index (κ3) is 2.78. The molecular formula is C12H19NO2. The van der Waals surface area contributed by atoms with Crippen molar-refractivity contribution in [3.63, 3.8) is 0 Å². The molecule has 1 aromatic carbocycles. The summed E-state index contributed by atoms with van der Waals surface area (Å²) >= 11 is 0. The molecule has 1 atom stereocenters. The molecule has 0 amide bonds. The Bertz CT molecular complexity index is 306. The van der Waals surface area contributed by atoms with E-state index >= 15 is 0 Å². The van der Waals surface area contributed by atoms with Crippen molar-refractivity contribution in [2.24, 2.45) is 5.73 Å². The molecule has 3 heteroatoms. The lowest BCUT2D eigenvalue weighted by Crippen LogP contribution is -2.22. The quantitative estimate of drug-likeness (QED) is 0.691. The Morgan fingerprint density at radius 2 is 1.80 bits per heavy atom. The normalized spacial score (nSPS) is 13.9. The Hall–Kier alpha value is -0.900. The van der Waals surface area contributed by atoms with Crippen LogP contribution in [0.3, 0.4) is 0 Å². The lowest BCUT2D eigenvalue weighted by molar-refractivity contribution is 0.186. The summed E-state index contributed by atoms with van der Waals surface area (Å²) in [6.45, 7) is 4.28. The zero-order valence-electron chi connectivity index (χ0n) is 9.27. The van der Waals surface area contributed by atoms with Gasteiger partial charge in [0.05, 0.1) is 12.7 Å². The molecule has 0 saturated carbocycles. The van der Waals surface area contributed by atoms with Crippen molar-refractivity contribution < 1.29 is 10.2 Å². The second-order valence-electron chi connectivity index (χ2n) is 4.42. The topological polar surface area (TPSA) is 66.5 Å². The number of rotatable bonds is 4. The van der Waals surface area contributed by atoms with Gasteiger partial charge in [-0.15, -0.1) is 0 Å². The number of benzene rings is 1. The summed E-state index contributed by atoms with van der Waals surface area (Å²) in [5, 5.41) is 18.7. The molecule has 1 rings (SSSR count). The van der Waals surface area contributed by atoms with Crippen LogP contribution in [0.4, 0.5) is 0 Å². The summed E-state index contributed by atoms with van der Waals surface area (Å²) in [4.78, 5) is 0. The Morgan fingerprint density at radius 1 is 1.27 bits per heavy atom. The minimum atomic E-state index is -0.601. The van der Waals surface area contributed by atoms with Crippen LogP contribution in [0.1, 0.15) is 31.1 Å². The molecule has 0 bridgehead atoms. The highest BCUT2D eigenvalue weighted by molar-refractivity contribution is 5.29. The maximum Gasteiger partial charge on any atom is 0.0912 e. The van der Waals surface area contributed by atoms with E-state index in [0.29, 0.717) is 0 Å². The fraction of sp³-hybridized carbons (Fsp3) is 0.500. The largest absolute Gasteiger partial charge is 0.395 e.